The maximum atomic E-state index is 10.9. The monoisotopic (exact) mass is 368 g/mol. The Kier molecular flexibility index (Phi) is 6.62. The second kappa shape index (κ2) is 8.37. The van der Waals surface area contributed by atoms with Crippen LogP contribution in [-0.4, -0.2) is 10.2 Å². The Hall–Kier alpha value is -1.96. The van der Waals surface area contributed by atoms with E-state index < -0.39 is 0 Å². The lowest BCUT2D eigenvalue weighted by molar-refractivity contribution is 0.451. The molecular weight excluding hydrogens is 332 g/mol. The number of hydrogen-bond donors (Lipinski definition) is 2. The molecule has 27 heavy (non-hydrogen) atoms. The summed E-state index contributed by atoms with van der Waals surface area (Å²) in [5.74, 6) is 2.03. The van der Waals surface area contributed by atoms with Gasteiger partial charge in [-0.05, 0) is 57.1 Å². The fourth-order valence-corrected chi connectivity index (χ4v) is 3.51. The Bertz CT molecular complexity index is 731. The van der Waals surface area contributed by atoms with Crippen molar-refractivity contribution >= 4 is 0 Å². The van der Waals surface area contributed by atoms with Gasteiger partial charge >= 0.3 is 0 Å². The molecule has 0 unspecified atom stereocenters. The normalized spacial score (nSPS) is 12.0. The zero-order valence-electron chi connectivity index (χ0n) is 18.2. The van der Waals surface area contributed by atoms with E-state index in [1.807, 2.05) is 0 Å². The van der Waals surface area contributed by atoms with E-state index in [9.17, 15) is 10.2 Å². The molecule has 2 aromatic carbocycles. The number of phenols is 2. The molecule has 0 saturated heterocycles. The average molecular weight is 369 g/mol. The van der Waals surface area contributed by atoms with Gasteiger partial charge in [-0.2, -0.15) is 0 Å². The van der Waals surface area contributed by atoms with Crippen LogP contribution in [0.2, 0.25) is 0 Å². The number of rotatable bonds is 6. The van der Waals surface area contributed by atoms with Gasteiger partial charge < -0.3 is 10.2 Å². The van der Waals surface area contributed by atoms with Crippen LogP contribution in [0.5, 0.6) is 11.5 Å². The molecule has 2 nitrogen and oxygen atoms in total. The number of aromatic hydroxyl groups is 2. The summed E-state index contributed by atoms with van der Waals surface area (Å²) in [5, 5.41) is 21.8. The van der Waals surface area contributed by atoms with Crippen LogP contribution >= 0.6 is 0 Å². The summed E-state index contributed by atoms with van der Waals surface area (Å²) in [4.78, 5) is 0. The van der Waals surface area contributed by atoms with Crippen molar-refractivity contribution in [2.24, 2.45) is 0 Å². The van der Waals surface area contributed by atoms with Crippen molar-refractivity contribution in [1.82, 2.24) is 0 Å². The molecule has 2 aromatic rings. The standard InChI is InChI=1S/C25H36O2/c1-14(2)18-9-20(24(26)22(12-18)16(5)6)11-21-10-19(15(3)4)13-23(17(7)8)25(21)27/h9-10,12-17,26-27H,11H2,1-8H3. The Morgan fingerprint density at radius 3 is 1.15 bits per heavy atom. The molecule has 0 radical (unpaired) electrons. The van der Waals surface area contributed by atoms with E-state index in [0.717, 1.165) is 22.3 Å². The SMILES string of the molecule is CC(C)c1cc(Cc2cc(C(C)C)cc(C(C)C)c2O)c(O)c(C(C)C)c1. The molecular formula is C25H36O2. The van der Waals surface area contributed by atoms with E-state index >= 15 is 0 Å². The van der Waals surface area contributed by atoms with Crippen LogP contribution < -0.4 is 0 Å². The third-order valence-corrected chi connectivity index (χ3v) is 5.44. The molecule has 0 amide bonds. The van der Waals surface area contributed by atoms with Gasteiger partial charge in [0, 0.05) is 6.42 Å². The molecule has 0 aliphatic carbocycles. The van der Waals surface area contributed by atoms with Gasteiger partial charge in [-0.15, -0.1) is 0 Å². The molecule has 2 N–H and O–H groups in total. The van der Waals surface area contributed by atoms with Gasteiger partial charge in [0.05, 0.1) is 0 Å². The van der Waals surface area contributed by atoms with E-state index in [2.05, 4.69) is 79.7 Å². The van der Waals surface area contributed by atoms with Crippen molar-refractivity contribution in [1.29, 1.82) is 0 Å². The van der Waals surface area contributed by atoms with E-state index in [1.165, 1.54) is 11.1 Å². The van der Waals surface area contributed by atoms with Crippen molar-refractivity contribution < 1.29 is 10.2 Å². The summed E-state index contributed by atoms with van der Waals surface area (Å²) in [7, 11) is 0. The third-order valence-electron chi connectivity index (χ3n) is 5.44. The quantitative estimate of drug-likeness (QED) is 0.567. The Labute approximate surface area is 165 Å². The van der Waals surface area contributed by atoms with E-state index in [0.29, 0.717) is 29.8 Å². The lowest BCUT2D eigenvalue weighted by Gasteiger charge is -2.20. The molecule has 2 rings (SSSR count). The minimum absolute atomic E-state index is 0.254. The van der Waals surface area contributed by atoms with Gasteiger partial charge in [0.1, 0.15) is 11.5 Å². The number of phenolic OH excluding ortho intramolecular Hbond substituents is 2. The lowest BCUT2D eigenvalue weighted by Crippen LogP contribution is -2.02. The van der Waals surface area contributed by atoms with Gasteiger partial charge in [-0.25, -0.2) is 0 Å². The van der Waals surface area contributed by atoms with Gasteiger partial charge in [0.2, 0.25) is 0 Å². The Morgan fingerprint density at radius 2 is 0.889 bits per heavy atom. The zero-order chi connectivity index (χ0) is 20.5. The van der Waals surface area contributed by atoms with E-state index in [4.69, 9.17) is 0 Å². The minimum Gasteiger partial charge on any atom is -0.507 e. The van der Waals surface area contributed by atoms with E-state index in [-0.39, 0.29) is 11.8 Å². The first kappa shape index (κ1) is 21.3. The van der Waals surface area contributed by atoms with Crippen LogP contribution in [0.25, 0.3) is 0 Å². The summed E-state index contributed by atoms with van der Waals surface area (Å²) in [6, 6.07) is 8.45. The lowest BCUT2D eigenvalue weighted by atomic mass is 9.87. The topological polar surface area (TPSA) is 40.5 Å². The van der Waals surface area contributed by atoms with Crippen LogP contribution in [0.1, 0.15) is 112 Å². The van der Waals surface area contributed by atoms with Gasteiger partial charge in [0.15, 0.2) is 0 Å². The predicted molar refractivity (Wildman–Crippen MR) is 115 cm³/mol. The van der Waals surface area contributed by atoms with Crippen LogP contribution in [0.4, 0.5) is 0 Å². The fraction of sp³-hybridized carbons (Fsp3) is 0.520. The molecule has 0 aliphatic rings. The molecule has 2 heteroatoms. The van der Waals surface area contributed by atoms with Crippen LogP contribution in [0, 0.1) is 0 Å². The molecule has 0 aliphatic heterocycles. The highest BCUT2D eigenvalue weighted by atomic mass is 16.3. The Morgan fingerprint density at radius 1 is 0.556 bits per heavy atom. The molecule has 0 saturated carbocycles. The first-order chi connectivity index (χ1) is 12.5. The number of benzene rings is 2. The zero-order valence-corrected chi connectivity index (χ0v) is 18.2. The Balaban J connectivity index is 2.62. The molecule has 0 bridgehead atoms. The minimum atomic E-state index is 0.254. The van der Waals surface area contributed by atoms with Crippen molar-refractivity contribution in [2.75, 3.05) is 0 Å². The largest absolute Gasteiger partial charge is 0.507 e. The molecule has 0 atom stereocenters. The van der Waals surface area contributed by atoms with Crippen LogP contribution in [0.15, 0.2) is 24.3 Å². The van der Waals surface area contributed by atoms with Crippen molar-refractivity contribution in [2.45, 2.75) is 85.5 Å². The molecule has 0 fully saturated rings. The fourth-order valence-electron chi connectivity index (χ4n) is 3.51. The smallest absolute Gasteiger partial charge is 0.122 e. The van der Waals surface area contributed by atoms with Crippen LogP contribution in [0.3, 0.4) is 0 Å². The maximum Gasteiger partial charge on any atom is 0.122 e. The third kappa shape index (κ3) is 4.66. The summed E-state index contributed by atoms with van der Waals surface area (Å²) < 4.78 is 0. The average Bonchev–Trinajstić information content (AvgIpc) is 2.57. The van der Waals surface area contributed by atoms with Gasteiger partial charge in [-0.3, -0.25) is 0 Å². The molecule has 148 valence electrons. The van der Waals surface area contributed by atoms with Crippen LogP contribution in [-0.2, 0) is 6.42 Å². The second-order valence-corrected chi connectivity index (χ2v) is 9.03. The summed E-state index contributed by atoms with van der Waals surface area (Å²) in [6.07, 6.45) is 0.540. The predicted octanol–water partition coefficient (Wildman–Crippen LogP) is 7.18. The van der Waals surface area contributed by atoms with Crippen molar-refractivity contribution in [3.05, 3.63) is 57.6 Å². The summed E-state index contributed by atoms with van der Waals surface area (Å²) in [6.45, 7) is 17.1. The highest BCUT2D eigenvalue weighted by molar-refractivity contribution is 5.52. The van der Waals surface area contributed by atoms with Gasteiger partial charge in [-0.1, -0.05) is 79.7 Å². The summed E-state index contributed by atoms with van der Waals surface area (Å²) in [5.41, 5.74) is 6.23. The van der Waals surface area contributed by atoms with E-state index in [1.54, 1.807) is 0 Å². The summed E-state index contributed by atoms with van der Waals surface area (Å²) >= 11 is 0. The number of hydrogen-bond acceptors (Lipinski definition) is 2. The second-order valence-electron chi connectivity index (χ2n) is 9.03. The molecule has 0 heterocycles. The van der Waals surface area contributed by atoms with Gasteiger partial charge in [0.25, 0.3) is 0 Å². The first-order valence-electron chi connectivity index (χ1n) is 10.2. The highest BCUT2D eigenvalue weighted by Gasteiger charge is 2.19. The molecule has 0 aromatic heterocycles. The highest BCUT2D eigenvalue weighted by Crippen LogP contribution is 2.38. The van der Waals surface area contributed by atoms with Crippen molar-refractivity contribution in [3.8, 4) is 11.5 Å². The first-order valence-corrected chi connectivity index (χ1v) is 10.2. The molecule has 0 spiro atoms. The van der Waals surface area contributed by atoms with Crippen molar-refractivity contribution in [3.63, 3.8) is 0 Å². The maximum absolute atomic E-state index is 10.9.